The standard InChI is InChI=1S/C10H19NO2S/c1-8-6-14(12,13)7-10(11-8)9-4-2-3-5-9/h8-11H,2-7H2,1H3. The largest absolute Gasteiger partial charge is 0.309 e. The van der Waals surface area contributed by atoms with Crippen LogP contribution in [0.5, 0.6) is 0 Å². The van der Waals surface area contributed by atoms with E-state index in [0.717, 1.165) is 0 Å². The lowest BCUT2D eigenvalue weighted by Gasteiger charge is -2.32. The van der Waals surface area contributed by atoms with Crippen molar-refractivity contribution < 1.29 is 8.42 Å². The Morgan fingerprint density at radius 3 is 2.36 bits per heavy atom. The molecular weight excluding hydrogens is 198 g/mol. The van der Waals surface area contributed by atoms with Crippen LogP contribution >= 0.6 is 0 Å². The monoisotopic (exact) mass is 217 g/mol. The fourth-order valence-electron chi connectivity index (χ4n) is 2.82. The van der Waals surface area contributed by atoms with E-state index in [1.807, 2.05) is 6.92 Å². The molecule has 82 valence electrons. The number of hydrogen-bond acceptors (Lipinski definition) is 3. The molecule has 2 unspecified atom stereocenters. The average Bonchev–Trinajstić information content (AvgIpc) is 2.51. The molecule has 2 fully saturated rings. The molecule has 2 rings (SSSR count). The highest BCUT2D eigenvalue weighted by atomic mass is 32.2. The summed E-state index contributed by atoms with van der Waals surface area (Å²) in [5.41, 5.74) is 0. The SMILES string of the molecule is CC1CS(=O)(=O)CC(C2CCCC2)N1. The first-order valence-electron chi connectivity index (χ1n) is 5.53. The Kier molecular flexibility index (Phi) is 2.84. The number of nitrogens with one attached hydrogen (secondary N) is 1. The topological polar surface area (TPSA) is 46.2 Å². The summed E-state index contributed by atoms with van der Waals surface area (Å²) in [6, 6.07) is 0.366. The highest BCUT2D eigenvalue weighted by Gasteiger charge is 2.34. The zero-order valence-electron chi connectivity index (χ0n) is 8.70. The normalized spacial score (nSPS) is 38.6. The molecule has 4 heteroatoms. The van der Waals surface area contributed by atoms with Crippen molar-refractivity contribution in [1.82, 2.24) is 5.32 Å². The summed E-state index contributed by atoms with van der Waals surface area (Å²) in [6.45, 7) is 1.97. The molecule has 0 bridgehead atoms. The van der Waals surface area contributed by atoms with Gasteiger partial charge in [0.25, 0.3) is 0 Å². The second-order valence-corrected chi connectivity index (χ2v) is 6.95. The lowest BCUT2D eigenvalue weighted by atomic mass is 9.99. The summed E-state index contributed by atoms with van der Waals surface area (Å²) in [7, 11) is -2.78. The zero-order chi connectivity index (χ0) is 10.2. The van der Waals surface area contributed by atoms with Crippen LogP contribution in [-0.2, 0) is 9.84 Å². The van der Waals surface area contributed by atoms with Crippen molar-refractivity contribution in [2.24, 2.45) is 5.92 Å². The highest BCUT2D eigenvalue weighted by molar-refractivity contribution is 7.91. The molecule has 0 aromatic heterocycles. The van der Waals surface area contributed by atoms with E-state index in [1.54, 1.807) is 0 Å². The van der Waals surface area contributed by atoms with Gasteiger partial charge in [0.15, 0.2) is 9.84 Å². The predicted molar refractivity (Wildman–Crippen MR) is 57.0 cm³/mol. The van der Waals surface area contributed by atoms with E-state index in [-0.39, 0.29) is 12.1 Å². The van der Waals surface area contributed by atoms with Gasteiger partial charge in [-0.3, -0.25) is 0 Å². The third kappa shape index (κ3) is 2.28. The highest BCUT2D eigenvalue weighted by Crippen LogP contribution is 2.29. The third-order valence-corrected chi connectivity index (χ3v) is 5.28. The Labute approximate surface area is 86.2 Å². The summed E-state index contributed by atoms with van der Waals surface area (Å²) in [6.07, 6.45) is 4.97. The van der Waals surface area contributed by atoms with Gasteiger partial charge in [0.05, 0.1) is 11.5 Å². The first-order valence-corrected chi connectivity index (χ1v) is 7.35. The van der Waals surface area contributed by atoms with Gasteiger partial charge in [-0.1, -0.05) is 12.8 Å². The van der Waals surface area contributed by atoms with Crippen LogP contribution < -0.4 is 5.32 Å². The van der Waals surface area contributed by atoms with Crippen LogP contribution in [-0.4, -0.2) is 32.0 Å². The van der Waals surface area contributed by atoms with Crippen LogP contribution in [0.2, 0.25) is 0 Å². The minimum atomic E-state index is -2.78. The van der Waals surface area contributed by atoms with Crippen molar-refractivity contribution in [3.8, 4) is 0 Å². The minimum absolute atomic E-state index is 0.138. The Balaban J connectivity index is 2.05. The van der Waals surface area contributed by atoms with E-state index >= 15 is 0 Å². The van der Waals surface area contributed by atoms with Crippen molar-refractivity contribution >= 4 is 9.84 Å². The summed E-state index contributed by atoms with van der Waals surface area (Å²) < 4.78 is 23.2. The van der Waals surface area contributed by atoms with Crippen LogP contribution in [0.4, 0.5) is 0 Å². The quantitative estimate of drug-likeness (QED) is 0.711. The first kappa shape index (κ1) is 10.4. The Morgan fingerprint density at radius 1 is 1.14 bits per heavy atom. The van der Waals surface area contributed by atoms with Gasteiger partial charge in [0.2, 0.25) is 0 Å². The van der Waals surface area contributed by atoms with Gasteiger partial charge in [-0.2, -0.15) is 0 Å². The molecule has 1 aliphatic carbocycles. The molecule has 1 N–H and O–H groups in total. The van der Waals surface area contributed by atoms with Crippen LogP contribution in [0.15, 0.2) is 0 Å². The molecular formula is C10H19NO2S. The van der Waals surface area contributed by atoms with Crippen LogP contribution in [0.25, 0.3) is 0 Å². The number of hydrogen-bond donors (Lipinski definition) is 1. The second kappa shape index (κ2) is 3.81. The van der Waals surface area contributed by atoms with Crippen molar-refractivity contribution in [1.29, 1.82) is 0 Å². The molecule has 1 heterocycles. The van der Waals surface area contributed by atoms with E-state index < -0.39 is 9.84 Å². The maximum Gasteiger partial charge on any atom is 0.153 e. The summed E-state index contributed by atoms with van der Waals surface area (Å²) in [5.74, 6) is 1.28. The smallest absolute Gasteiger partial charge is 0.153 e. The van der Waals surface area contributed by atoms with Gasteiger partial charge in [-0.25, -0.2) is 8.42 Å². The molecule has 14 heavy (non-hydrogen) atoms. The predicted octanol–water partition coefficient (Wildman–Crippen LogP) is 0.952. The summed E-state index contributed by atoms with van der Waals surface area (Å²) in [4.78, 5) is 0. The van der Waals surface area contributed by atoms with E-state index in [1.165, 1.54) is 25.7 Å². The molecule has 3 nitrogen and oxygen atoms in total. The fourth-order valence-corrected chi connectivity index (χ4v) is 4.73. The van der Waals surface area contributed by atoms with E-state index in [9.17, 15) is 8.42 Å². The Bertz CT molecular complexity index is 293. The molecule has 1 saturated heterocycles. The van der Waals surface area contributed by atoms with Crippen molar-refractivity contribution in [2.45, 2.75) is 44.7 Å². The number of rotatable bonds is 1. The zero-order valence-corrected chi connectivity index (χ0v) is 9.52. The molecule has 1 aliphatic heterocycles. The van der Waals surface area contributed by atoms with Crippen molar-refractivity contribution in [3.05, 3.63) is 0 Å². The molecule has 1 saturated carbocycles. The lowest BCUT2D eigenvalue weighted by Crippen LogP contribution is -2.53. The average molecular weight is 217 g/mol. The maximum absolute atomic E-state index is 11.6. The fraction of sp³-hybridized carbons (Fsp3) is 1.00. The molecule has 2 aliphatic rings. The second-order valence-electron chi connectivity index (χ2n) is 4.80. The lowest BCUT2D eigenvalue weighted by molar-refractivity contribution is 0.346. The maximum atomic E-state index is 11.6. The molecule has 0 amide bonds. The molecule has 2 atom stereocenters. The van der Waals surface area contributed by atoms with Crippen molar-refractivity contribution in [3.63, 3.8) is 0 Å². The van der Waals surface area contributed by atoms with Gasteiger partial charge in [-0.05, 0) is 25.7 Å². The minimum Gasteiger partial charge on any atom is -0.309 e. The van der Waals surface area contributed by atoms with E-state index in [0.29, 0.717) is 17.4 Å². The van der Waals surface area contributed by atoms with Gasteiger partial charge >= 0.3 is 0 Å². The van der Waals surface area contributed by atoms with Gasteiger partial charge in [0.1, 0.15) is 0 Å². The first-order chi connectivity index (χ1) is 6.57. The van der Waals surface area contributed by atoms with Crippen LogP contribution in [0, 0.1) is 5.92 Å². The van der Waals surface area contributed by atoms with Gasteiger partial charge in [-0.15, -0.1) is 0 Å². The van der Waals surface area contributed by atoms with E-state index in [2.05, 4.69) is 5.32 Å². The van der Waals surface area contributed by atoms with Crippen LogP contribution in [0.1, 0.15) is 32.6 Å². The van der Waals surface area contributed by atoms with Crippen molar-refractivity contribution in [2.75, 3.05) is 11.5 Å². The van der Waals surface area contributed by atoms with Gasteiger partial charge < -0.3 is 5.32 Å². The number of sulfone groups is 1. The molecule has 0 radical (unpaired) electrons. The Morgan fingerprint density at radius 2 is 1.79 bits per heavy atom. The van der Waals surface area contributed by atoms with E-state index in [4.69, 9.17) is 0 Å². The van der Waals surface area contributed by atoms with Gasteiger partial charge in [0, 0.05) is 12.1 Å². The molecule has 0 spiro atoms. The van der Waals surface area contributed by atoms with Crippen LogP contribution in [0.3, 0.4) is 0 Å². The molecule has 0 aromatic carbocycles. The summed E-state index contributed by atoms with van der Waals surface area (Å²) in [5, 5.41) is 3.43. The third-order valence-electron chi connectivity index (χ3n) is 3.40. The summed E-state index contributed by atoms with van der Waals surface area (Å²) >= 11 is 0. The molecule has 0 aromatic rings. The Hall–Kier alpha value is -0.0900.